The zero-order valence-corrected chi connectivity index (χ0v) is 15.6. The van der Waals surface area contributed by atoms with Crippen LogP contribution in [-0.4, -0.2) is 31.4 Å². The van der Waals surface area contributed by atoms with E-state index in [2.05, 4.69) is 5.32 Å². The fraction of sp³-hybridized carbons (Fsp3) is 0.333. The molecule has 0 bridgehead atoms. The number of nitrogens with zero attached hydrogens (tertiary/aromatic N) is 2. The lowest BCUT2D eigenvalue weighted by molar-refractivity contribution is -0.116. The number of anilines is 3. The first kappa shape index (κ1) is 18.4. The molecule has 7 heteroatoms. The molecule has 0 saturated heterocycles. The second-order valence-corrected chi connectivity index (χ2v) is 7.23. The highest BCUT2D eigenvalue weighted by Crippen LogP contribution is 2.31. The smallest absolute Gasteiger partial charge is 0.243 e. The number of rotatable bonds is 3. The molecular weight excluding hydrogens is 364 g/mol. The van der Waals surface area contributed by atoms with Gasteiger partial charge in [0.1, 0.15) is 0 Å². The number of aryl methyl sites for hydroxylation is 1. The molecule has 146 valence electrons. The van der Waals surface area contributed by atoms with Gasteiger partial charge in [-0.2, -0.15) is 0 Å². The van der Waals surface area contributed by atoms with E-state index >= 15 is 0 Å². The van der Waals surface area contributed by atoms with Gasteiger partial charge in [0, 0.05) is 43.1 Å². The molecule has 2 amide bonds. The number of carbonyl (C=O) groups excluding carboxylic acids is 2. The summed E-state index contributed by atoms with van der Waals surface area (Å²) in [7, 11) is 0. The van der Waals surface area contributed by atoms with Crippen LogP contribution in [0, 0.1) is 11.6 Å². The highest BCUT2D eigenvalue weighted by Gasteiger charge is 2.24. The van der Waals surface area contributed by atoms with Crippen LogP contribution >= 0.6 is 0 Å². The van der Waals surface area contributed by atoms with E-state index in [0.717, 1.165) is 29.7 Å². The molecule has 2 aliphatic heterocycles. The average molecular weight is 385 g/mol. The summed E-state index contributed by atoms with van der Waals surface area (Å²) < 4.78 is 27.1. The molecule has 28 heavy (non-hydrogen) atoms. The molecule has 1 N–H and O–H groups in total. The Kier molecular flexibility index (Phi) is 4.75. The average Bonchev–Trinajstić information content (AvgIpc) is 3.07. The predicted octanol–water partition coefficient (Wildman–Crippen LogP) is 3.27. The molecule has 0 aromatic heterocycles. The second-order valence-electron chi connectivity index (χ2n) is 7.23. The maximum Gasteiger partial charge on any atom is 0.243 e. The molecule has 2 heterocycles. The molecule has 4 rings (SSSR count). The van der Waals surface area contributed by atoms with Crippen molar-refractivity contribution in [2.75, 3.05) is 34.8 Å². The third-order valence-corrected chi connectivity index (χ3v) is 5.31. The van der Waals surface area contributed by atoms with Crippen LogP contribution in [0.3, 0.4) is 0 Å². The molecule has 0 saturated carbocycles. The number of nitrogens with one attached hydrogen (secondary N) is 1. The van der Waals surface area contributed by atoms with Crippen LogP contribution in [0.15, 0.2) is 30.3 Å². The van der Waals surface area contributed by atoms with E-state index in [-0.39, 0.29) is 18.4 Å². The van der Waals surface area contributed by atoms with Crippen molar-refractivity contribution in [3.05, 3.63) is 53.1 Å². The summed E-state index contributed by atoms with van der Waals surface area (Å²) in [4.78, 5) is 27.7. The van der Waals surface area contributed by atoms with Crippen LogP contribution in [0.1, 0.15) is 24.5 Å². The van der Waals surface area contributed by atoms with Gasteiger partial charge in [0.05, 0.1) is 6.54 Å². The molecule has 5 nitrogen and oxygen atoms in total. The molecule has 0 aliphatic carbocycles. The molecule has 0 radical (unpaired) electrons. The Morgan fingerprint density at radius 3 is 2.54 bits per heavy atom. The first-order valence-electron chi connectivity index (χ1n) is 9.36. The fourth-order valence-electron chi connectivity index (χ4n) is 4.00. The number of hydrogen-bond acceptors (Lipinski definition) is 3. The molecule has 2 aliphatic rings. The standard InChI is InChI=1S/C21H21F2N3O2/c1-13(27)26-8-6-15-9-16(4-5-19(15)26)24-21(28)12-25-7-2-3-14-10-17(22)18(23)11-20(14)25/h4-5,9-11H,2-3,6-8,12H2,1H3,(H,24,28). The zero-order valence-electron chi connectivity index (χ0n) is 15.6. The monoisotopic (exact) mass is 385 g/mol. The van der Waals surface area contributed by atoms with Gasteiger partial charge >= 0.3 is 0 Å². The van der Waals surface area contributed by atoms with E-state index in [4.69, 9.17) is 0 Å². The number of fused-ring (bicyclic) bond motifs is 2. The lowest BCUT2D eigenvalue weighted by Crippen LogP contribution is -2.37. The maximum atomic E-state index is 13.6. The molecule has 0 spiro atoms. The van der Waals surface area contributed by atoms with E-state index in [1.165, 1.54) is 19.1 Å². The molecule has 0 unspecified atom stereocenters. The van der Waals surface area contributed by atoms with Crippen molar-refractivity contribution < 1.29 is 18.4 Å². The van der Waals surface area contributed by atoms with Crippen molar-refractivity contribution >= 4 is 28.9 Å². The number of benzene rings is 2. The van der Waals surface area contributed by atoms with Crippen LogP contribution in [0.4, 0.5) is 25.8 Å². The van der Waals surface area contributed by atoms with Crippen LogP contribution in [0.5, 0.6) is 0 Å². The molecule has 0 atom stereocenters. The third-order valence-electron chi connectivity index (χ3n) is 5.31. The van der Waals surface area contributed by atoms with Crippen molar-refractivity contribution in [3.8, 4) is 0 Å². The van der Waals surface area contributed by atoms with Crippen molar-refractivity contribution in [1.82, 2.24) is 0 Å². The Morgan fingerprint density at radius 2 is 1.75 bits per heavy atom. The van der Waals surface area contributed by atoms with Gasteiger partial charge in [-0.05, 0) is 54.7 Å². The van der Waals surface area contributed by atoms with E-state index in [1.54, 1.807) is 15.9 Å². The quantitative estimate of drug-likeness (QED) is 0.882. The molecular formula is C21H21F2N3O2. The SMILES string of the molecule is CC(=O)N1CCc2cc(NC(=O)CN3CCCc4cc(F)c(F)cc43)ccc21. The first-order valence-corrected chi connectivity index (χ1v) is 9.36. The Bertz CT molecular complexity index is 961. The maximum absolute atomic E-state index is 13.6. The van der Waals surface area contributed by atoms with Gasteiger partial charge in [-0.15, -0.1) is 0 Å². The fourth-order valence-corrected chi connectivity index (χ4v) is 4.00. The summed E-state index contributed by atoms with van der Waals surface area (Å²) in [6, 6.07) is 7.89. The Hall–Kier alpha value is -2.96. The van der Waals surface area contributed by atoms with Crippen LogP contribution in [-0.2, 0) is 22.4 Å². The van der Waals surface area contributed by atoms with E-state index in [0.29, 0.717) is 30.9 Å². The van der Waals surface area contributed by atoms with Crippen molar-refractivity contribution in [2.24, 2.45) is 0 Å². The Morgan fingerprint density at radius 1 is 1.00 bits per heavy atom. The number of carbonyl (C=O) groups is 2. The Labute approximate surface area is 161 Å². The van der Waals surface area contributed by atoms with Gasteiger partial charge in [0.25, 0.3) is 0 Å². The minimum atomic E-state index is -0.903. The highest BCUT2D eigenvalue weighted by atomic mass is 19.2. The summed E-state index contributed by atoms with van der Waals surface area (Å²) in [6.07, 6.45) is 2.20. The third kappa shape index (κ3) is 3.44. The van der Waals surface area contributed by atoms with Crippen LogP contribution in [0.25, 0.3) is 0 Å². The van der Waals surface area contributed by atoms with Gasteiger partial charge in [-0.3, -0.25) is 9.59 Å². The normalized spacial score (nSPS) is 15.2. The summed E-state index contributed by atoms with van der Waals surface area (Å²) in [5.74, 6) is -1.98. The highest BCUT2D eigenvalue weighted by molar-refractivity contribution is 5.97. The van der Waals surface area contributed by atoms with Crippen LogP contribution < -0.4 is 15.1 Å². The number of amides is 2. The van der Waals surface area contributed by atoms with Gasteiger partial charge in [0.15, 0.2) is 11.6 Å². The molecule has 0 fully saturated rings. The van der Waals surface area contributed by atoms with Crippen molar-refractivity contribution in [2.45, 2.75) is 26.2 Å². The molecule has 2 aromatic carbocycles. The minimum Gasteiger partial charge on any atom is -0.362 e. The minimum absolute atomic E-state index is 0.00275. The summed E-state index contributed by atoms with van der Waals surface area (Å²) in [5.41, 5.74) is 3.87. The number of hydrogen-bond donors (Lipinski definition) is 1. The van der Waals surface area contributed by atoms with Crippen molar-refractivity contribution in [3.63, 3.8) is 0 Å². The summed E-state index contributed by atoms with van der Waals surface area (Å²) in [5, 5.41) is 2.87. The Balaban J connectivity index is 1.46. The summed E-state index contributed by atoms with van der Waals surface area (Å²) >= 11 is 0. The van der Waals surface area contributed by atoms with Gasteiger partial charge in [-0.25, -0.2) is 8.78 Å². The van der Waals surface area contributed by atoms with Gasteiger partial charge in [0.2, 0.25) is 11.8 Å². The van der Waals surface area contributed by atoms with Crippen molar-refractivity contribution in [1.29, 1.82) is 0 Å². The largest absolute Gasteiger partial charge is 0.362 e. The zero-order chi connectivity index (χ0) is 19.8. The van der Waals surface area contributed by atoms with Crippen LogP contribution in [0.2, 0.25) is 0 Å². The number of halogens is 2. The molecule has 2 aromatic rings. The first-order chi connectivity index (χ1) is 13.4. The van der Waals surface area contributed by atoms with Gasteiger partial charge < -0.3 is 15.1 Å². The van der Waals surface area contributed by atoms with E-state index < -0.39 is 11.6 Å². The lowest BCUT2D eigenvalue weighted by Gasteiger charge is -2.30. The second kappa shape index (κ2) is 7.22. The lowest BCUT2D eigenvalue weighted by atomic mass is 10.0. The topological polar surface area (TPSA) is 52.7 Å². The van der Waals surface area contributed by atoms with E-state index in [1.807, 2.05) is 12.1 Å². The van der Waals surface area contributed by atoms with E-state index in [9.17, 15) is 18.4 Å². The summed E-state index contributed by atoms with van der Waals surface area (Å²) in [6.45, 7) is 2.86. The predicted molar refractivity (Wildman–Crippen MR) is 104 cm³/mol. The van der Waals surface area contributed by atoms with Gasteiger partial charge in [-0.1, -0.05) is 0 Å².